The van der Waals surface area contributed by atoms with E-state index in [-0.39, 0.29) is 22.4 Å². The second-order valence-electron chi connectivity index (χ2n) is 2.51. The quantitative estimate of drug-likeness (QED) is 0.553. The molecule has 0 aliphatic heterocycles. The van der Waals surface area contributed by atoms with Crippen LogP contribution in [0.2, 0.25) is 0 Å². The summed E-state index contributed by atoms with van der Waals surface area (Å²) >= 11 is 0. The van der Waals surface area contributed by atoms with Crippen molar-refractivity contribution in [1.29, 1.82) is 0 Å². The molecule has 0 radical (unpaired) electrons. The molecule has 0 saturated carbocycles. The second-order valence-corrected chi connectivity index (χ2v) is 2.51. The Labute approximate surface area is 102 Å². The molecule has 0 aromatic carbocycles. The van der Waals surface area contributed by atoms with Gasteiger partial charge in [-0.3, -0.25) is 0 Å². The summed E-state index contributed by atoms with van der Waals surface area (Å²) in [6.07, 6.45) is -7.03. The molecule has 0 spiro atoms. The Hall–Kier alpha value is -0.420. The van der Waals surface area contributed by atoms with E-state index < -0.39 is 29.9 Å². The molecule has 0 atom stereocenters. The topological polar surface area (TPSA) is 40.1 Å². The summed E-state index contributed by atoms with van der Waals surface area (Å²) in [5.41, 5.74) is 0. The van der Waals surface area contributed by atoms with Gasteiger partial charge in [-0.05, 0) is 0 Å². The van der Waals surface area contributed by atoms with Gasteiger partial charge in [-0.1, -0.05) is 0 Å². The molecule has 0 saturated heterocycles. The number of carbonyl (C=O) groups is 1. The first-order valence-electron chi connectivity index (χ1n) is 3.11. The summed E-state index contributed by atoms with van der Waals surface area (Å²) in [5, 5.41) is 9.40. The van der Waals surface area contributed by atoms with Crippen molar-refractivity contribution in [3.05, 3.63) is 0 Å². The molecule has 0 amide bonds. The minimum absolute atomic E-state index is 0. The minimum atomic E-state index is -7.20. The maximum atomic E-state index is 12.1. The number of hydrogen-bond acceptors (Lipinski definition) is 2. The summed E-state index contributed by atoms with van der Waals surface area (Å²) in [6.45, 7) is 0. The Balaban J connectivity index is 0. The van der Waals surface area contributed by atoms with Gasteiger partial charge >= 0.3 is 46.3 Å². The Morgan fingerprint density at radius 3 is 1.24 bits per heavy atom. The van der Waals surface area contributed by atoms with Crippen LogP contribution in [0.1, 0.15) is 0 Å². The maximum absolute atomic E-state index is 12.1. The van der Waals surface area contributed by atoms with Gasteiger partial charge in [0.2, 0.25) is 0 Å². The number of alkyl halides is 9. The van der Waals surface area contributed by atoms with Crippen LogP contribution >= 0.6 is 0 Å². The van der Waals surface area contributed by atoms with Crippen molar-refractivity contribution < 1.29 is 71.8 Å². The molecule has 0 unspecified atom stereocenters. The smallest absolute Gasteiger partial charge is 0.544 e. The van der Waals surface area contributed by atoms with Gasteiger partial charge in [0.15, 0.2) is 0 Å². The van der Waals surface area contributed by atoms with Crippen LogP contribution < -0.4 is 5.11 Å². The van der Waals surface area contributed by atoms with Gasteiger partial charge in [-0.2, -0.15) is 39.5 Å². The third kappa shape index (κ3) is 2.71. The van der Waals surface area contributed by atoms with Crippen LogP contribution in [0.25, 0.3) is 0 Å². The zero-order valence-corrected chi connectivity index (χ0v) is 8.50. The molecule has 0 heterocycles. The number of carboxylic acid groups (broad SMARTS) is 1. The zero-order valence-electron chi connectivity index (χ0n) is 7.02. The predicted octanol–water partition coefficient (Wildman–Crippen LogP) is 1.20. The van der Waals surface area contributed by atoms with E-state index in [0.717, 1.165) is 0 Å². The van der Waals surface area contributed by atoms with E-state index in [1.807, 2.05) is 0 Å². The van der Waals surface area contributed by atoms with E-state index in [4.69, 9.17) is 0 Å². The number of carboxylic acids is 1. The number of halogens is 9. The monoisotopic (exact) mass is 370 g/mol. The van der Waals surface area contributed by atoms with Crippen LogP contribution in [0.15, 0.2) is 0 Å². The van der Waals surface area contributed by atoms with Crippen molar-refractivity contribution in [3.8, 4) is 0 Å². The first kappa shape index (κ1) is 18.9. The molecule has 106 valence electrons. The summed E-state index contributed by atoms with van der Waals surface area (Å²) < 4.78 is 106. The molecular weight excluding hydrogens is 371 g/mol. The van der Waals surface area contributed by atoms with Crippen molar-refractivity contribution in [2.24, 2.45) is 0 Å². The van der Waals surface area contributed by atoms with Crippen LogP contribution in [0.5, 0.6) is 0 Å². The van der Waals surface area contributed by atoms with E-state index in [0.29, 0.717) is 0 Å². The van der Waals surface area contributed by atoms with Gasteiger partial charge < -0.3 is 9.90 Å². The summed E-state index contributed by atoms with van der Waals surface area (Å²) in [4.78, 5) is 9.40. The largest absolute Gasteiger partial charge is 1.00 e. The van der Waals surface area contributed by atoms with Gasteiger partial charge in [-0.25, -0.2) is 0 Å². The third-order valence-electron chi connectivity index (χ3n) is 1.40. The molecule has 0 aromatic rings. The van der Waals surface area contributed by atoms with Crippen LogP contribution in [0.4, 0.5) is 39.5 Å². The van der Waals surface area contributed by atoms with E-state index >= 15 is 0 Å². The fourth-order valence-corrected chi connectivity index (χ4v) is 0.503. The first-order valence-corrected chi connectivity index (χ1v) is 3.11. The standard InChI is InChI=1S/C5HF9O2.Ag/c6-2(7,1(15)16)3(8,9)4(10,11)5(12,13)14;/h(H,15,16);/q;+1/p-1. The van der Waals surface area contributed by atoms with Gasteiger partial charge in [0.25, 0.3) is 0 Å². The maximum Gasteiger partial charge on any atom is 1.00 e. The molecule has 0 N–H and O–H groups in total. The van der Waals surface area contributed by atoms with E-state index in [9.17, 15) is 49.4 Å². The molecule has 0 rings (SSSR count). The molecule has 0 bridgehead atoms. The van der Waals surface area contributed by atoms with Crippen molar-refractivity contribution in [2.45, 2.75) is 23.9 Å². The Kier molecular flexibility index (Phi) is 5.22. The third-order valence-corrected chi connectivity index (χ3v) is 1.40. The predicted molar refractivity (Wildman–Crippen MR) is 25.9 cm³/mol. The number of hydrogen-bond donors (Lipinski definition) is 0. The van der Waals surface area contributed by atoms with Gasteiger partial charge in [0, 0.05) is 0 Å². The van der Waals surface area contributed by atoms with Crippen LogP contribution in [0.3, 0.4) is 0 Å². The van der Waals surface area contributed by atoms with Crippen molar-refractivity contribution in [1.82, 2.24) is 0 Å². The van der Waals surface area contributed by atoms with E-state index in [1.54, 1.807) is 0 Å². The first-order chi connectivity index (χ1) is 6.69. The molecule has 17 heavy (non-hydrogen) atoms. The zero-order chi connectivity index (χ0) is 13.6. The number of carbonyl (C=O) groups excluding carboxylic acids is 1. The molecular formula is C5AgF9O2. The molecule has 0 aliphatic rings. The average Bonchev–Trinajstić information content (AvgIpc) is 2.00. The van der Waals surface area contributed by atoms with Crippen LogP contribution in [-0.4, -0.2) is 29.9 Å². The van der Waals surface area contributed by atoms with Crippen molar-refractivity contribution in [2.75, 3.05) is 0 Å². The number of aliphatic carboxylic acids is 1. The van der Waals surface area contributed by atoms with E-state index in [1.165, 1.54) is 0 Å². The molecule has 0 fully saturated rings. The van der Waals surface area contributed by atoms with E-state index in [2.05, 4.69) is 0 Å². The fourth-order valence-electron chi connectivity index (χ4n) is 0.503. The molecule has 12 heteroatoms. The molecule has 0 aromatic heterocycles. The molecule has 0 aliphatic carbocycles. The number of rotatable bonds is 3. The van der Waals surface area contributed by atoms with Crippen molar-refractivity contribution in [3.63, 3.8) is 0 Å². The normalized spacial score (nSPS) is 14.2. The van der Waals surface area contributed by atoms with Crippen LogP contribution in [0, 0.1) is 0 Å². The second kappa shape index (κ2) is 4.69. The summed E-state index contributed by atoms with van der Waals surface area (Å²) in [5.74, 6) is -25.1. The average molecular weight is 371 g/mol. The van der Waals surface area contributed by atoms with Crippen LogP contribution in [-0.2, 0) is 27.2 Å². The van der Waals surface area contributed by atoms with Gasteiger partial charge in [0.1, 0.15) is 5.97 Å². The minimum Gasteiger partial charge on any atom is -0.544 e. The summed E-state index contributed by atoms with van der Waals surface area (Å²) in [7, 11) is 0. The Morgan fingerprint density at radius 1 is 0.765 bits per heavy atom. The summed E-state index contributed by atoms with van der Waals surface area (Å²) in [6, 6.07) is 0. The fraction of sp³-hybridized carbons (Fsp3) is 0.800. The Bertz CT molecular complexity index is 296. The van der Waals surface area contributed by atoms with Gasteiger partial charge in [0.05, 0.1) is 0 Å². The van der Waals surface area contributed by atoms with Crippen molar-refractivity contribution >= 4 is 5.97 Å². The molecule has 2 nitrogen and oxygen atoms in total. The Morgan fingerprint density at radius 2 is 1.06 bits per heavy atom. The SMILES string of the molecule is O=C([O-])C(F)(F)C(F)(F)C(F)(F)C(F)(F)F.[Ag+]. The van der Waals surface area contributed by atoms with Gasteiger partial charge in [-0.15, -0.1) is 0 Å².